The van der Waals surface area contributed by atoms with Crippen LogP contribution in [0.2, 0.25) is 0 Å². The summed E-state index contributed by atoms with van der Waals surface area (Å²) in [7, 11) is 0. The summed E-state index contributed by atoms with van der Waals surface area (Å²) in [6, 6.07) is 5.65. The number of rotatable bonds is 2. The summed E-state index contributed by atoms with van der Waals surface area (Å²) in [5, 5.41) is 8.97. The molecule has 2 rings (SSSR count). The molecule has 1 heterocycles. The third-order valence-electron chi connectivity index (χ3n) is 2.79. The predicted octanol–water partition coefficient (Wildman–Crippen LogP) is 3.57. The number of aryl methyl sites for hydroxylation is 1. The zero-order valence-corrected chi connectivity index (χ0v) is 10.2. The fourth-order valence-electron chi connectivity index (χ4n) is 1.87. The van der Waals surface area contributed by atoms with Crippen LogP contribution in [-0.2, 0) is 12.8 Å². The summed E-state index contributed by atoms with van der Waals surface area (Å²) in [6.07, 6.45) is -1.33. The van der Waals surface area contributed by atoms with E-state index in [1.54, 1.807) is 18.3 Å². The van der Waals surface area contributed by atoms with Gasteiger partial charge in [0.1, 0.15) is 0 Å². The molecule has 19 heavy (non-hydrogen) atoms. The Bertz CT molecular complexity index is 593. The molecule has 100 valence electrons. The number of aliphatic hydroxyl groups excluding tert-OH is 1. The molecule has 1 aromatic heterocycles. The van der Waals surface area contributed by atoms with Gasteiger partial charge in [-0.05, 0) is 35.7 Å². The average molecular weight is 267 g/mol. The Hall–Kier alpha value is -1.88. The van der Waals surface area contributed by atoms with E-state index in [0.717, 1.165) is 11.6 Å². The lowest BCUT2D eigenvalue weighted by Gasteiger charge is -2.13. The van der Waals surface area contributed by atoms with Gasteiger partial charge in [-0.1, -0.05) is 12.1 Å². The van der Waals surface area contributed by atoms with Gasteiger partial charge in [-0.15, -0.1) is 0 Å². The summed E-state index contributed by atoms with van der Waals surface area (Å²) >= 11 is 0. The first-order chi connectivity index (χ1) is 8.91. The molecule has 0 radical (unpaired) electrons. The van der Waals surface area contributed by atoms with Gasteiger partial charge in [0.15, 0.2) is 0 Å². The van der Waals surface area contributed by atoms with Crippen molar-refractivity contribution in [2.45, 2.75) is 19.7 Å². The fourth-order valence-corrected chi connectivity index (χ4v) is 1.87. The van der Waals surface area contributed by atoms with E-state index >= 15 is 0 Å². The molecule has 1 aromatic carbocycles. The van der Waals surface area contributed by atoms with Crippen molar-refractivity contribution >= 4 is 0 Å². The summed E-state index contributed by atoms with van der Waals surface area (Å²) < 4.78 is 38.7. The van der Waals surface area contributed by atoms with E-state index in [1.165, 1.54) is 12.3 Å². The van der Waals surface area contributed by atoms with Crippen LogP contribution in [-0.4, -0.2) is 10.1 Å². The van der Waals surface area contributed by atoms with E-state index in [2.05, 4.69) is 4.98 Å². The van der Waals surface area contributed by atoms with Crippen LogP contribution in [0.25, 0.3) is 11.1 Å². The van der Waals surface area contributed by atoms with Gasteiger partial charge in [0.05, 0.1) is 12.2 Å². The number of pyridine rings is 1. The average Bonchev–Trinajstić information content (AvgIpc) is 2.37. The number of hydrogen-bond donors (Lipinski definition) is 1. The second-order valence-corrected chi connectivity index (χ2v) is 4.28. The molecule has 0 aliphatic heterocycles. The Morgan fingerprint density at radius 1 is 1.11 bits per heavy atom. The number of benzene rings is 1. The Balaban J connectivity index is 2.55. The van der Waals surface area contributed by atoms with Crippen molar-refractivity contribution in [3.05, 3.63) is 53.3 Å². The van der Waals surface area contributed by atoms with E-state index in [-0.39, 0.29) is 5.56 Å². The summed E-state index contributed by atoms with van der Waals surface area (Å²) in [6.45, 7) is 1.18. The zero-order valence-electron chi connectivity index (χ0n) is 10.2. The Labute approximate surface area is 108 Å². The second kappa shape index (κ2) is 5.01. The van der Waals surface area contributed by atoms with Crippen molar-refractivity contribution in [3.8, 4) is 11.1 Å². The SMILES string of the molecule is Cc1cncc(-c2ccc(CO)c(C(F)(F)F)c2)c1. The monoisotopic (exact) mass is 267 g/mol. The highest BCUT2D eigenvalue weighted by Gasteiger charge is 2.33. The Kier molecular flexibility index (Phi) is 3.57. The van der Waals surface area contributed by atoms with Crippen molar-refractivity contribution in [2.24, 2.45) is 0 Å². The lowest BCUT2D eigenvalue weighted by atomic mass is 9.99. The minimum Gasteiger partial charge on any atom is -0.392 e. The van der Waals surface area contributed by atoms with Crippen molar-refractivity contribution in [1.82, 2.24) is 4.98 Å². The molecular formula is C14H12F3NO. The standard InChI is InChI=1S/C14H12F3NO/c1-9-4-12(7-18-6-9)10-2-3-11(8-19)13(5-10)14(15,16)17/h2-7,19H,8H2,1H3. The lowest BCUT2D eigenvalue weighted by Crippen LogP contribution is -2.09. The van der Waals surface area contributed by atoms with Crippen LogP contribution in [0.15, 0.2) is 36.7 Å². The molecular weight excluding hydrogens is 255 g/mol. The summed E-state index contributed by atoms with van der Waals surface area (Å²) in [5.74, 6) is 0. The molecule has 0 fully saturated rings. The number of nitrogens with zero attached hydrogens (tertiary/aromatic N) is 1. The Morgan fingerprint density at radius 2 is 1.84 bits per heavy atom. The van der Waals surface area contributed by atoms with Gasteiger partial charge in [0, 0.05) is 18.0 Å². The fraction of sp³-hybridized carbons (Fsp3) is 0.214. The highest BCUT2D eigenvalue weighted by molar-refractivity contribution is 5.64. The number of aliphatic hydroxyl groups is 1. The van der Waals surface area contributed by atoms with Gasteiger partial charge in [-0.2, -0.15) is 13.2 Å². The largest absolute Gasteiger partial charge is 0.416 e. The van der Waals surface area contributed by atoms with Crippen LogP contribution >= 0.6 is 0 Å². The van der Waals surface area contributed by atoms with Gasteiger partial charge in [-0.25, -0.2) is 0 Å². The first-order valence-electron chi connectivity index (χ1n) is 5.65. The molecule has 0 atom stereocenters. The quantitative estimate of drug-likeness (QED) is 0.902. The summed E-state index contributed by atoms with van der Waals surface area (Å²) in [4.78, 5) is 3.96. The van der Waals surface area contributed by atoms with Gasteiger partial charge in [-0.3, -0.25) is 4.98 Å². The smallest absolute Gasteiger partial charge is 0.392 e. The number of alkyl halides is 3. The zero-order chi connectivity index (χ0) is 14.0. The molecule has 0 aliphatic rings. The third kappa shape index (κ3) is 2.93. The topological polar surface area (TPSA) is 33.1 Å². The highest BCUT2D eigenvalue weighted by Crippen LogP contribution is 2.35. The second-order valence-electron chi connectivity index (χ2n) is 4.28. The molecule has 5 heteroatoms. The maximum absolute atomic E-state index is 12.9. The molecule has 0 aliphatic carbocycles. The van der Waals surface area contributed by atoms with Crippen LogP contribution in [0.3, 0.4) is 0 Å². The molecule has 2 aromatic rings. The first-order valence-corrected chi connectivity index (χ1v) is 5.65. The molecule has 2 nitrogen and oxygen atoms in total. The lowest BCUT2D eigenvalue weighted by molar-refractivity contribution is -0.138. The molecule has 0 spiro atoms. The van der Waals surface area contributed by atoms with Crippen LogP contribution in [0.1, 0.15) is 16.7 Å². The first kappa shape index (κ1) is 13.5. The molecule has 0 saturated carbocycles. The van der Waals surface area contributed by atoms with Crippen molar-refractivity contribution in [2.75, 3.05) is 0 Å². The molecule has 0 amide bonds. The molecule has 0 bridgehead atoms. The number of halogens is 3. The van der Waals surface area contributed by atoms with Crippen molar-refractivity contribution < 1.29 is 18.3 Å². The summed E-state index contributed by atoms with van der Waals surface area (Å²) in [5.41, 5.74) is 0.985. The van der Waals surface area contributed by atoms with Gasteiger partial charge >= 0.3 is 6.18 Å². The van der Waals surface area contributed by atoms with E-state index in [4.69, 9.17) is 5.11 Å². The van der Waals surface area contributed by atoms with E-state index in [9.17, 15) is 13.2 Å². The third-order valence-corrected chi connectivity index (χ3v) is 2.79. The van der Waals surface area contributed by atoms with Gasteiger partial charge < -0.3 is 5.11 Å². The minimum absolute atomic E-state index is 0.128. The van der Waals surface area contributed by atoms with Gasteiger partial charge in [0.2, 0.25) is 0 Å². The van der Waals surface area contributed by atoms with Crippen molar-refractivity contribution in [1.29, 1.82) is 0 Å². The number of hydrogen-bond acceptors (Lipinski definition) is 2. The maximum atomic E-state index is 12.9. The molecule has 0 saturated heterocycles. The normalized spacial score (nSPS) is 11.6. The molecule has 1 N–H and O–H groups in total. The Morgan fingerprint density at radius 3 is 2.42 bits per heavy atom. The van der Waals surface area contributed by atoms with E-state index < -0.39 is 18.3 Å². The molecule has 0 unspecified atom stereocenters. The van der Waals surface area contributed by atoms with Crippen LogP contribution in [0, 0.1) is 6.92 Å². The number of aromatic nitrogens is 1. The van der Waals surface area contributed by atoms with Crippen LogP contribution in [0.4, 0.5) is 13.2 Å². The highest BCUT2D eigenvalue weighted by atomic mass is 19.4. The van der Waals surface area contributed by atoms with E-state index in [0.29, 0.717) is 11.1 Å². The van der Waals surface area contributed by atoms with Crippen LogP contribution in [0.5, 0.6) is 0 Å². The van der Waals surface area contributed by atoms with Crippen LogP contribution < -0.4 is 0 Å². The van der Waals surface area contributed by atoms with E-state index in [1.807, 2.05) is 6.92 Å². The minimum atomic E-state index is -4.48. The van der Waals surface area contributed by atoms with Crippen molar-refractivity contribution in [3.63, 3.8) is 0 Å². The maximum Gasteiger partial charge on any atom is 0.416 e. The van der Waals surface area contributed by atoms with Gasteiger partial charge in [0.25, 0.3) is 0 Å². The predicted molar refractivity (Wildman–Crippen MR) is 65.3 cm³/mol.